The van der Waals surface area contributed by atoms with Crippen LogP contribution in [0.4, 0.5) is 0 Å². The van der Waals surface area contributed by atoms with Gasteiger partial charge in [-0.25, -0.2) is 0 Å². The molecule has 0 aromatic heterocycles. The van der Waals surface area contributed by atoms with Gasteiger partial charge in [-0.3, -0.25) is 14.5 Å². The maximum Gasteiger partial charge on any atom is 0.245 e. The van der Waals surface area contributed by atoms with Crippen LogP contribution in [0.25, 0.3) is 0 Å². The molecule has 2 fully saturated rings. The highest BCUT2D eigenvalue weighted by atomic mass is 16.3. The molecule has 20 heavy (non-hydrogen) atoms. The summed E-state index contributed by atoms with van der Waals surface area (Å²) in [5.74, 6) is -0.858. The molecule has 2 saturated heterocycles. The smallest absolute Gasteiger partial charge is 0.245 e. The van der Waals surface area contributed by atoms with Crippen LogP contribution < -0.4 is 5.73 Å². The summed E-state index contributed by atoms with van der Waals surface area (Å²) in [4.78, 5) is 27.2. The summed E-state index contributed by atoms with van der Waals surface area (Å²) in [5.41, 5.74) is 4.65. The van der Waals surface area contributed by atoms with Crippen LogP contribution in [0.15, 0.2) is 0 Å². The Morgan fingerprint density at radius 2 is 2.10 bits per heavy atom. The van der Waals surface area contributed by atoms with Crippen LogP contribution in [-0.4, -0.2) is 75.3 Å². The van der Waals surface area contributed by atoms with E-state index in [1.54, 1.807) is 6.92 Å². The molecule has 2 rings (SSSR count). The highest BCUT2D eigenvalue weighted by molar-refractivity contribution is 5.97. The monoisotopic (exact) mass is 285 g/mol. The lowest BCUT2D eigenvalue weighted by molar-refractivity contribution is -0.173. The predicted octanol–water partition coefficient (Wildman–Crippen LogP) is -1.72. The number of β-amino-alcohol motifs (C(OH)–C–C–N with tert-alkyl or cyclic N) is 1. The lowest BCUT2D eigenvalue weighted by atomic mass is 9.83. The lowest BCUT2D eigenvalue weighted by Gasteiger charge is -2.54. The highest BCUT2D eigenvalue weighted by Crippen LogP contribution is 2.40. The third-order valence-corrected chi connectivity index (χ3v) is 4.28. The predicted molar refractivity (Wildman–Crippen MR) is 71.6 cm³/mol. The second-order valence-electron chi connectivity index (χ2n) is 5.95. The molecule has 0 radical (unpaired) electrons. The third-order valence-electron chi connectivity index (χ3n) is 4.28. The maximum atomic E-state index is 12.5. The summed E-state index contributed by atoms with van der Waals surface area (Å²) in [6, 6.07) is -0.970. The first-order valence-electron chi connectivity index (χ1n) is 7.01. The second kappa shape index (κ2) is 5.31. The average molecular weight is 285 g/mol. The van der Waals surface area contributed by atoms with Crippen LogP contribution in [-0.2, 0) is 9.59 Å². The molecule has 114 valence electrons. The minimum atomic E-state index is -0.986. The normalized spacial score (nSPS) is 31.2. The fraction of sp³-hybridized carbons (Fsp3) is 0.846. The molecule has 2 amide bonds. The van der Waals surface area contributed by atoms with Gasteiger partial charge in [0.15, 0.2) is 0 Å². The van der Waals surface area contributed by atoms with E-state index in [4.69, 9.17) is 5.73 Å². The summed E-state index contributed by atoms with van der Waals surface area (Å²) < 4.78 is 0. The fourth-order valence-electron chi connectivity index (χ4n) is 3.41. The SMILES string of the molecule is CC(O)CN1CCCC12CN([C@H](C(N)=O)[C@@H](C)O)C2=O. The number of carbonyl (C=O) groups is 2. The van der Waals surface area contributed by atoms with Crippen LogP contribution in [0.1, 0.15) is 26.7 Å². The minimum Gasteiger partial charge on any atom is -0.392 e. The number of β-lactam (4-membered cyclic amide) rings is 1. The molecule has 0 aromatic rings. The van der Waals surface area contributed by atoms with E-state index in [9.17, 15) is 19.8 Å². The summed E-state index contributed by atoms with van der Waals surface area (Å²) >= 11 is 0. The Bertz CT molecular complexity index is 412. The summed E-state index contributed by atoms with van der Waals surface area (Å²) in [5, 5.41) is 19.2. The van der Waals surface area contributed by atoms with Crippen molar-refractivity contribution < 1.29 is 19.8 Å². The second-order valence-corrected chi connectivity index (χ2v) is 5.95. The van der Waals surface area contributed by atoms with Gasteiger partial charge in [-0.1, -0.05) is 0 Å². The molecule has 0 aliphatic carbocycles. The molecular weight excluding hydrogens is 262 g/mol. The molecular formula is C13H23N3O4. The van der Waals surface area contributed by atoms with E-state index in [1.807, 2.05) is 4.90 Å². The number of hydrogen-bond acceptors (Lipinski definition) is 5. The van der Waals surface area contributed by atoms with Gasteiger partial charge in [-0.05, 0) is 33.2 Å². The molecule has 1 spiro atoms. The lowest BCUT2D eigenvalue weighted by Crippen LogP contribution is -2.76. The molecule has 2 aliphatic heterocycles. The fourth-order valence-corrected chi connectivity index (χ4v) is 3.41. The number of amides is 2. The molecule has 0 aromatic carbocycles. The van der Waals surface area contributed by atoms with Gasteiger partial charge in [-0.15, -0.1) is 0 Å². The zero-order valence-corrected chi connectivity index (χ0v) is 12.0. The van der Waals surface area contributed by atoms with E-state index in [2.05, 4.69) is 0 Å². The highest BCUT2D eigenvalue weighted by Gasteiger charge is 2.60. The first-order chi connectivity index (χ1) is 9.29. The Balaban J connectivity index is 2.12. The molecule has 7 heteroatoms. The van der Waals surface area contributed by atoms with Gasteiger partial charge >= 0.3 is 0 Å². The largest absolute Gasteiger partial charge is 0.392 e. The summed E-state index contributed by atoms with van der Waals surface area (Å²) in [6.45, 7) is 4.73. The number of primary amides is 1. The molecule has 2 heterocycles. The van der Waals surface area contributed by atoms with Gasteiger partial charge in [0.25, 0.3) is 0 Å². The Kier molecular flexibility index (Phi) is 4.04. The Hall–Kier alpha value is -1.18. The van der Waals surface area contributed by atoms with Crippen LogP contribution >= 0.6 is 0 Å². The first kappa shape index (κ1) is 15.2. The van der Waals surface area contributed by atoms with Crippen molar-refractivity contribution in [2.24, 2.45) is 5.73 Å². The number of carbonyl (C=O) groups excluding carboxylic acids is 2. The number of nitrogens with zero attached hydrogens (tertiary/aromatic N) is 2. The molecule has 0 saturated carbocycles. The summed E-state index contributed by atoms with van der Waals surface area (Å²) in [7, 11) is 0. The zero-order chi connectivity index (χ0) is 15.1. The van der Waals surface area contributed by atoms with Crippen molar-refractivity contribution in [2.45, 2.75) is 50.5 Å². The van der Waals surface area contributed by atoms with Crippen molar-refractivity contribution in [3.8, 4) is 0 Å². The van der Waals surface area contributed by atoms with Gasteiger partial charge in [0.1, 0.15) is 11.6 Å². The van der Waals surface area contributed by atoms with Crippen LogP contribution in [0.2, 0.25) is 0 Å². The van der Waals surface area contributed by atoms with Crippen molar-refractivity contribution in [1.82, 2.24) is 9.80 Å². The van der Waals surface area contributed by atoms with E-state index < -0.39 is 29.7 Å². The Labute approximate surface area is 118 Å². The maximum absolute atomic E-state index is 12.5. The van der Waals surface area contributed by atoms with E-state index in [-0.39, 0.29) is 5.91 Å². The van der Waals surface area contributed by atoms with E-state index in [0.717, 1.165) is 19.4 Å². The topological polar surface area (TPSA) is 107 Å². The van der Waals surface area contributed by atoms with Crippen LogP contribution in [0.5, 0.6) is 0 Å². The molecule has 7 nitrogen and oxygen atoms in total. The van der Waals surface area contributed by atoms with Gasteiger partial charge < -0.3 is 20.8 Å². The number of hydrogen-bond donors (Lipinski definition) is 3. The van der Waals surface area contributed by atoms with Gasteiger partial charge in [-0.2, -0.15) is 0 Å². The van der Waals surface area contributed by atoms with E-state index >= 15 is 0 Å². The quantitative estimate of drug-likeness (QED) is 0.521. The van der Waals surface area contributed by atoms with Gasteiger partial charge in [0.2, 0.25) is 11.8 Å². The first-order valence-corrected chi connectivity index (χ1v) is 7.01. The molecule has 2 unspecified atom stereocenters. The van der Waals surface area contributed by atoms with Crippen molar-refractivity contribution >= 4 is 11.8 Å². The van der Waals surface area contributed by atoms with Crippen molar-refractivity contribution in [3.63, 3.8) is 0 Å². The molecule has 2 aliphatic rings. The van der Waals surface area contributed by atoms with Crippen molar-refractivity contribution in [1.29, 1.82) is 0 Å². The third kappa shape index (κ3) is 2.30. The van der Waals surface area contributed by atoms with Gasteiger partial charge in [0.05, 0.1) is 12.2 Å². The number of likely N-dealkylation sites (tertiary alicyclic amines) is 2. The number of aliphatic hydroxyl groups excluding tert-OH is 2. The number of aliphatic hydroxyl groups is 2. The molecule has 4 N–H and O–H groups in total. The molecule has 0 bridgehead atoms. The summed E-state index contributed by atoms with van der Waals surface area (Å²) in [6.07, 6.45) is 0.124. The van der Waals surface area contributed by atoms with Crippen molar-refractivity contribution in [3.05, 3.63) is 0 Å². The van der Waals surface area contributed by atoms with Crippen LogP contribution in [0, 0.1) is 0 Å². The minimum absolute atomic E-state index is 0.166. The Morgan fingerprint density at radius 3 is 2.55 bits per heavy atom. The van der Waals surface area contributed by atoms with E-state index in [0.29, 0.717) is 13.1 Å². The van der Waals surface area contributed by atoms with Crippen LogP contribution in [0.3, 0.4) is 0 Å². The average Bonchev–Trinajstić information content (AvgIpc) is 2.72. The molecule has 4 atom stereocenters. The zero-order valence-electron chi connectivity index (χ0n) is 12.0. The van der Waals surface area contributed by atoms with E-state index in [1.165, 1.54) is 11.8 Å². The Morgan fingerprint density at radius 1 is 1.45 bits per heavy atom. The number of rotatable bonds is 5. The number of nitrogens with two attached hydrogens (primary N) is 1. The van der Waals surface area contributed by atoms with Gasteiger partial charge in [0, 0.05) is 13.1 Å². The standard InChI is InChI=1S/C13H23N3O4/c1-8(17)6-15-5-3-4-13(15)7-16(12(13)20)10(9(2)18)11(14)19/h8-10,17-18H,3-7H2,1-2H3,(H2,14,19)/t8?,9-,10+,13?/m1/s1. The van der Waals surface area contributed by atoms with Crippen molar-refractivity contribution in [2.75, 3.05) is 19.6 Å².